The molecule has 6 nitrogen and oxygen atoms in total. The molecular formula is C18H25N3O3. The zero-order valence-electron chi connectivity index (χ0n) is 14.1. The third kappa shape index (κ3) is 3.24. The maximum Gasteiger partial charge on any atom is 0.325 e. The molecular weight excluding hydrogens is 306 g/mol. The molecule has 2 N–H and O–H groups in total. The van der Waals surface area contributed by atoms with E-state index in [9.17, 15) is 14.7 Å². The van der Waals surface area contributed by atoms with Crippen LogP contribution in [0.15, 0.2) is 30.3 Å². The number of benzene rings is 1. The third-order valence-corrected chi connectivity index (χ3v) is 4.90. The number of aliphatic hydroxyl groups is 1. The molecule has 2 aliphatic rings. The molecule has 0 bridgehead atoms. The van der Waals surface area contributed by atoms with Crippen LogP contribution in [0.5, 0.6) is 0 Å². The highest BCUT2D eigenvalue weighted by molar-refractivity contribution is 6.07. The van der Waals surface area contributed by atoms with Crippen molar-refractivity contribution in [2.75, 3.05) is 24.5 Å². The van der Waals surface area contributed by atoms with Gasteiger partial charge in [0.05, 0.1) is 6.10 Å². The molecule has 1 aromatic rings. The average Bonchev–Trinajstić information content (AvgIpc) is 3.12. The second-order valence-corrected chi connectivity index (χ2v) is 6.81. The Morgan fingerprint density at radius 3 is 2.54 bits per heavy atom. The summed E-state index contributed by atoms with van der Waals surface area (Å²) in [5.74, 6) is -0.0879. The van der Waals surface area contributed by atoms with E-state index in [1.165, 1.54) is 4.90 Å². The topological polar surface area (TPSA) is 72.9 Å². The minimum Gasteiger partial charge on any atom is -0.392 e. The number of hydrogen-bond donors (Lipinski definition) is 2. The first-order valence-corrected chi connectivity index (χ1v) is 8.64. The van der Waals surface area contributed by atoms with Gasteiger partial charge in [-0.2, -0.15) is 0 Å². The monoisotopic (exact) mass is 331 g/mol. The Hall–Kier alpha value is -2.08. The number of rotatable bonds is 6. The van der Waals surface area contributed by atoms with Gasteiger partial charge in [0, 0.05) is 25.3 Å². The van der Waals surface area contributed by atoms with Crippen molar-refractivity contribution in [1.82, 2.24) is 10.2 Å². The Balaban J connectivity index is 1.68. The van der Waals surface area contributed by atoms with Crippen LogP contribution < -0.4 is 10.2 Å². The number of nitrogens with one attached hydrogen (secondary N) is 1. The molecule has 1 aliphatic heterocycles. The van der Waals surface area contributed by atoms with Crippen LogP contribution in [0.2, 0.25) is 0 Å². The number of nitrogens with zero attached hydrogens (tertiary/aromatic N) is 2. The van der Waals surface area contributed by atoms with Gasteiger partial charge in [0.1, 0.15) is 5.54 Å². The minimum absolute atomic E-state index is 0.0879. The molecule has 1 aliphatic carbocycles. The van der Waals surface area contributed by atoms with Crippen LogP contribution in [0, 0.1) is 0 Å². The van der Waals surface area contributed by atoms with Gasteiger partial charge in [-0.1, -0.05) is 31.0 Å². The van der Waals surface area contributed by atoms with Crippen molar-refractivity contribution in [1.29, 1.82) is 0 Å². The summed E-state index contributed by atoms with van der Waals surface area (Å²) in [4.78, 5) is 28.3. The average molecular weight is 331 g/mol. The molecule has 0 radical (unpaired) electrons. The van der Waals surface area contributed by atoms with Crippen LogP contribution in [0.1, 0.15) is 32.6 Å². The first-order chi connectivity index (χ1) is 11.5. The Morgan fingerprint density at radius 1 is 1.25 bits per heavy atom. The van der Waals surface area contributed by atoms with Gasteiger partial charge in [0.15, 0.2) is 0 Å². The van der Waals surface area contributed by atoms with Gasteiger partial charge >= 0.3 is 6.03 Å². The molecule has 2 fully saturated rings. The van der Waals surface area contributed by atoms with Crippen molar-refractivity contribution in [3.8, 4) is 0 Å². The lowest BCUT2D eigenvalue weighted by Gasteiger charge is -2.28. The lowest BCUT2D eigenvalue weighted by Crippen LogP contribution is -2.45. The number of imide groups is 1. The smallest absolute Gasteiger partial charge is 0.325 e. The van der Waals surface area contributed by atoms with Crippen molar-refractivity contribution in [2.24, 2.45) is 0 Å². The molecule has 3 rings (SSSR count). The van der Waals surface area contributed by atoms with E-state index in [1.807, 2.05) is 35.2 Å². The largest absolute Gasteiger partial charge is 0.392 e. The highest BCUT2D eigenvalue weighted by Crippen LogP contribution is 2.34. The molecule has 0 aromatic heterocycles. The van der Waals surface area contributed by atoms with Crippen LogP contribution in [0.3, 0.4) is 0 Å². The van der Waals surface area contributed by atoms with Gasteiger partial charge < -0.3 is 15.3 Å². The molecule has 1 heterocycles. The van der Waals surface area contributed by atoms with E-state index < -0.39 is 11.6 Å². The number of aliphatic hydroxyl groups excluding tert-OH is 1. The summed E-state index contributed by atoms with van der Waals surface area (Å²) in [6.07, 6.45) is 2.96. The van der Waals surface area contributed by atoms with Crippen molar-refractivity contribution in [3.05, 3.63) is 30.3 Å². The number of carbonyl (C=O) groups excluding carboxylic acids is 2. The number of urea groups is 1. The van der Waals surface area contributed by atoms with E-state index in [-0.39, 0.29) is 11.9 Å². The maximum absolute atomic E-state index is 12.7. The molecule has 0 unspecified atom stereocenters. The van der Waals surface area contributed by atoms with Crippen molar-refractivity contribution in [3.63, 3.8) is 0 Å². The van der Waals surface area contributed by atoms with Crippen molar-refractivity contribution in [2.45, 2.75) is 44.2 Å². The fourth-order valence-corrected chi connectivity index (χ4v) is 3.70. The normalized spacial score (nSPS) is 20.5. The van der Waals surface area contributed by atoms with Crippen LogP contribution >= 0.6 is 0 Å². The number of para-hydroxylation sites is 1. The molecule has 1 saturated carbocycles. The first kappa shape index (κ1) is 16.8. The van der Waals surface area contributed by atoms with Gasteiger partial charge in [-0.25, -0.2) is 4.79 Å². The SMILES string of the molecule is C[C@H](O)CN(CCN1C(=O)NC2(CCCC2)C1=O)c1ccccc1. The van der Waals surface area contributed by atoms with E-state index in [1.54, 1.807) is 6.92 Å². The lowest BCUT2D eigenvalue weighted by atomic mass is 9.98. The summed E-state index contributed by atoms with van der Waals surface area (Å²) in [6, 6.07) is 9.45. The summed E-state index contributed by atoms with van der Waals surface area (Å²) in [5.41, 5.74) is 0.319. The molecule has 6 heteroatoms. The zero-order chi connectivity index (χ0) is 17.2. The van der Waals surface area contributed by atoms with Gasteiger partial charge in [0.2, 0.25) is 0 Å². The fraction of sp³-hybridized carbons (Fsp3) is 0.556. The predicted molar refractivity (Wildman–Crippen MR) is 91.8 cm³/mol. The van der Waals surface area contributed by atoms with Crippen molar-refractivity contribution >= 4 is 17.6 Å². The van der Waals surface area contributed by atoms with Crippen LogP contribution in [-0.4, -0.2) is 53.2 Å². The van der Waals surface area contributed by atoms with Crippen LogP contribution in [0.4, 0.5) is 10.5 Å². The number of amides is 3. The van der Waals surface area contributed by atoms with E-state index >= 15 is 0 Å². The van der Waals surface area contributed by atoms with Crippen molar-refractivity contribution < 1.29 is 14.7 Å². The Morgan fingerprint density at radius 2 is 1.92 bits per heavy atom. The molecule has 1 atom stereocenters. The van der Waals surface area contributed by atoms with E-state index in [0.717, 1.165) is 31.4 Å². The summed E-state index contributed by atoms with van der Waals surface area (Å²) in [7, 11) is 0. The second kappa shape index (κ2) is 6.81. The second-order valence-electron chi connectivity index (χ2n) is 6.81. The summed E-state index contributed by atoms with van der Waals surface area (Å²) < 4.78 is 0. The fourth-order valence-electron chi connectivity index (χ4n) is 3.70. The van der Waals surface area contributed by atoms with E-state index in [0.29, 0.717) is 19.6 Å². The molecule has 24 heavy (non-hydrogen) atoms. The number of hydrogen-bond acceptors (Lipinski definition) is 4. The predicted octanol–water partition coefficient (Wildman–Crippen LogP) is 1.74. The molecule has 1 aromatic carbocycles. The number of carbonyl (C=O) groups is 2. The highest BCUT2D eigenvalue weighted by Gasteiger charge is 2.52. The molecule has 1 spiro atoms. The summed E-state index contributed by atoms with van der Waals surface area (Å²) >= 11 is 0. The molecule has 1 saturated heterocycles. The summed E-state index contributed by atoms with van der Waals surface area (Å²) in [6.45, 7) is 3.02. The quantitative estimate of drug-likeness (QED) is 0.779. The minimum atomic E-state index is -0.654. The van der Waals surface area contributed by atoms with Crippen LogP contribution in [-0.2, 0) is 4.79 Å². The Labute approximate surface area is 142 Å². The van der Waals surface area contributed by atoms with Gasteiger partial charge in [-0.05, 0) is 31.9 Å². The number of anilines is 1. The third-order valence-electron chi connectivity index (χ3n) is 4.90. The van der Waals surface area contributed by atoms with Crippen LogP contribution in [0.25, 0.3) is 0 Å². The zero-order valence-corrected chi connectivity index (χ0v) is 14.1. The Kier molecular flexibility index (Phi) is 4.76. The first-order valence-electron chi connectivity index (χ1n) is 8.64. The Bertz CT molecular complexity index is 597. The maximum atomic E-state index is 12.7. The summed E-state index contributed by atoms with van der Waals surface area (Å²) in [5, 5.41) is 12.6. The van der Waals surface area contributed by atoms with E-state index in [2.05, 4.69) is 5.32 Å². The van der Waals surface area contributed by atoms with Gasteiger partial charge in [-0.3, -0.25) is 9.69 Å². The lowest BCUT2D eigenvalue weighted by molar-refractivity contribution is -0.131. The van der Waals surface area contributed by atoms with E-state index in [4.69, 9.17) is 0 Å². The van der Waals surface area contributed by atoms with Gasteiger partial charge in [0.25, 0.3) is 5.91 Å². The standard InChI is InChI=1S/C18H25N3O3/c1-14(22)13-20(15-7-3-2-4-8-15)11-12-21-16(23)18(19-17(21)24)9-5-6-10-18/h2-4,7-8,14,22H,5-6,9-13H2,1H3,(H,19,24)/t14-/m0/s1. The molecule has 3 amide bonds. The molecule has 130 valence electrons. The highest BCUT2D eigenvalue weighted by atomic mass is 16.3. The van der Waals surface area contributed by atoms with Gasteiger partial charge in [-0.15, -0.1) is 0 Å².